The third kappa shape index (κ3) is 4.29. The summed E-state index contributed by atoms with van der Waals surface area (Å²) in [4.78, 5) is 0. The van der Waals surface area contributed by atoms with Gasteiger partial charge in [0, 0.05) is 11.6 Å². The molecule has 0 aliphatic carbocycles. The molecule has 0 aliphatic rings. The highest BCUT2D eigenvalue weighted by molar-refractivity contribution is 6.19. The highest BCUT2D eigenvalue weighted by Crippen LogP contribution is 2.17. The maximum absolute atomic E-state index is 13.5. The van der Waals surface area contributed by atoms with Crippen molar-refractivity contribution in [2.75, 3.05) is 5.88 Å². The standard InChI is InChI=1S/C17H14ClFO/c1-13-4-6-14(7-5-13)12-20-17-10-15(3-2-8-18)9-16(19)11-17/h4-7,9-11H,8,12H2,1H3. The largest absolute Gasteiger partial charge is 0.489 e. The van der Waals surface area contributed by atoms with Gasteiger partial charge in [-0.2, -0.15) is 0 Å². The Balaban J connectivity index is 2.09. The van der Waals surface area contributed by atoms with Gasteiger partial charge in [0.05, 0.1) is 5.88 Å². The summed E-state index contributed by atoms with van der Waals surface area (Å²) >= 11 is 5.49. The van der Waals surface area contributed by atoms with Crippen LogP contribution in [0.5, 0.6) is 5.75 Å². The van der Waals surface area contributed by atoms with Gasteiger partial charge in [-0.15, -0.1) is 11.6 Å². The van der Waals surface area contributed by atoms with Crippen LogP contribution in [0.4, 0.5) is 4.39 Å². The van der Waals surface area contributed by atoms with Crippen LogP contribution in [0.15, 0.2) is 42.5 Å². The Morgan fingerprint density at radius 1 is 1.15 bits per heavy atom. The second-order valence-corrected chi connectivity index (χ2v) is 4.65. The number of rotatable bonds is 3. The van der Waals surface area contributed by atoms with Gasteiger partial charge in [0.15, 0.2) is 0 Å². The Morgan fingerprint density at radius 2 is 1.90 bits per heavy atom. The third-order valence-corrected chi connectivity index (χ3v) is 2.83. The topological polar surface area (TPSA) is 9.23 Å². The summed E-state index contributed by atoms with van der Waals surface area (Å²) in [5, 5.41) is 0. The van der Waals surface area contributed by atoms with E-state index in [-0.39, 0.29) is 11.7 Å². The molecule has 20 heavy (non-hydrogen) atoms. The van der Waals surface area contributed by atoms with E-state index in [0.717, 1.165) is 5.56 Å². The van der Waals surface area contributed by atoms with Gasteiger partial charge in [0.25, 0.3) is 0 Å². The molecule has 0 amide bonds. The molecular formula is C17H14ClFO. The lowest BCUT2D eigenvalue weighted by Gasteiger charge is -2.07. The molecule has 0 aliphatic heterocycles. The van der Waals surface area contributed by atoms with Gasteiger partial charge in [0.1, 0.15) is 18.2 Å². The van der Waals surface area contributed by atoms with Crippen molar-refractivity contribution in [2.45, 2.75) is 13.5 Å². The fraction of sp³-hybridized carbons (Fsp3) is 0.176. The molecule has 0 fully saturated rings. The van der Waals surface area contributed by atoms with Crippen LogP contribution in [0.25, 0.3) is 0 Å². The zero-order valence-corrected chi connectivity index (χ0v) is 11.9. The maximum atomic E-state index is 13.5. The first kappa shape index (κ1) is 14.4. The Labute approximate surface area is 123 Å². The van der Waals surface area contributed by atoms with Crippen LogP contribution in [0.1, 0.15) is 16.7 Å². The molecule has 0 bridgehead atoms. The van der Waals surface area contributed by atoms with Gasteiger partial charge in [-0.25, -0.2) is 4.39 Å². The van der Waals surface area contributed by atoms with E-state index in [0.29, 0.717) is 17.9 Å². The number of halogens is 2. The second-order valence-electron chi connectivity index (χ2n) is 4.39. The van der Waals surface area contributed by atoms with Crippen LogP contribution in [-0.2, 0) is 6.61 Å². The summed E-state index contributed by atoms with van der Waals surface area (Å²) in [6, 6.07) is 12.4. The normalized spacial score (nSPS) is 9.75. The van der Waals surface area contributed by atoms with Crippen LogP contribution in [0.3, 0.4) is 0 Å². The lowest BCUT2D eigenvalue weighted by Crippen LogP contribution is -1.96. The Kier molecular flexibility index (Phi) is 5.03. The predicted octanol–water partition coefficient (Wildman–Crippen LogP) is 4.30. The molecule has 0 spiro atoms. The highest BCUT2D eigenvalue weighted by Gasteiger charge is 2.01. The maximum Gasteiger partial charge on any atom is 0.128 e. The van der Waals surface area contributed by atoms with Gasteiger partial charge in [-0.1, -0.05) is 41.7 Å². The average molecular weight is 289 g/mol. The predicted molar refractivity (Wildman–Crippen MR) is 79.5 cm³/mol. The molecule has 0 aromatic heterocycles. The van der Waals surface area contributed by atoms with E-state index in [1.54, 1.807) is 6.07 Å². The van der Waals surface area contributed by atoms with Crippen molar-refractivity contribution in [2.24, 2.45) is 0 Å². The number of aryl methyl sites for hydroxylation is 1. The molecule has 0 radical (unpaired) electrons. The minimum atomic E-state index is -0.370. The van der Waals surface area contributed by atoms with E-state index in [1.807, 2.05) is 31.2 Å². The van der Waals surface area contributed by atoms with Crippen LogP contribution in [0.2, 0.25) is 0 Å². The monoisotopic (exact) mass is 288 g/mol. The third-order valence-electron chi connectivity index (χ3n) is 2.70. The molecular weight excluding hydrogens is 275 g/mol. The molecule has 2 aromatic carbocycles. The first-order valence-electron chi connectivity index (χ1n) is 6.21. The molecule has 102 valence electrons. The molecule has 0 atom stereocenters. The SMILES string of the molecule is Cc1ccc(COc2cc(F)cc(C#CCCl)c2)cc1. The van der Waals surface area contributed by atoms with E-state index in [2.05, 4.69) is 11.8 Å². The summed E-state index contributed by atoms with van der Waals surface area (Å²) in [5.41, 5.74) is 2.79. The fourth-order valence-corrected chi connectivity index (χ4v) is 1.77. The van der Waals surface area contributed by atoms with Gasteiger partial charge in [-0.05, 0) is 24.6 Å². The van der Waals surface area contributed by atoms with Crippen molar-refractivity contribution in [3.63, 3.8) is 0 Å². The first-order chi connectivity index (χ1) is 9.67. The molecule has 0 heterocycles. The number of hydrogen-bond acceptors (Lipinski definition) is 1. The van der Waals surface area contributed by atoms with E-state index < -0.39 is 0 Å². The number of alkyl halides is 1. The van der Waals surface area contributed by atoms with Gasteiger partial charge < -0.3 is 4.74 Å². The molecule has 2 rings (SSSR count). The van der Waals surface area contributed by atoms with Crippen molar-refractivity contribution < 1.29 is 9.13 Å². The van der Waals surface area contributed by atoms with E-state index in [4.69, 9.17) is 16.3 Å². The van der Waals surface area contributed by atoms with Crippen molar-refractivity contribution >= 4 is 11.6 Å². The van der Waals surface area contributed by atoms with Crippen molar-refractivity contribution in [3.05, 3.63) is 65.0 Å². The molecule has 0 saturated carbocycles. The Morgan fingerprint density at radius 3 is 2.60 bits per heavy atom. The summed E-state index contributed by atoms with van der Waals surface area (Å²) in [7, 11) is 0. The fourth-order valence-electron chi connectivity index (χ4n) is 1.70. The van der Waals surface area contributed by atoms with Crippen LogP contribution < -0.4 is 4.74 Å². The van der Waals surface area contributed by atoms with Gasteiger partial charge in [0.2, 0.25) is 0 Å². The first-order valence-corrected chi connectivity index (χ1v) is 6.74. The van der Waals surface area contributed by atoms with E-state index in [9.17, 15) is 4.39 Å². The number of benzene rings is 2. The zero-order valence-electron chi connectivity index (χ0n) is 11.1. The van der Waals surface area contributed by atoms with E-state index in [1.165, 1.54) is 17.7 Å². The summed E-state index contributed by atoms with van der Waals surface area (Å²) in [5.74, 6) is 5.78. The summed E-state index contributed by atoms with van der Waals surface area (Å²) in [6.07, 6.45) is 0. The molecule has 0 N–H and O–H groups in total. The van der Waals surface area contributed by atoms with Gasteiger partial charge in [-0.3, -0.25) is 0 Å². The molecule has 0 saturated heterocycles. The summed E-state index contributed by atoms with van der Waals surface area (Å²) < 4.78 is 19.0. The minimum Gasteiger partial charge on any atom is -0.489 e. The Bertz CT molecular complexity index is 638. The second kappa shape index (κ2) is 6.98. The van der Waals surface area contributed by atoms with Crippen LogP contribution >= 0.6 is 11.6 Å². The smallest absolute Gasteiger partial charge is 0.128 e. The van der Waals surface area contributed by atoms with Crippen molar-refractivity contribution in [3.8, 4) is 17.6 Å². The quantitative estimate of drug-likeness (QED) is 0.604. The zero-order chi connectivity index (χ0) is 14.4. The average Bonchev–Trinajstić information content (AvgIpc) is 2.44. The van der Waals surface area contributed by atoms with Crippen molar-refractivity contribution in [1.29, 1.82) is 0 Å². The lowest BCUT2D eigenvalue weighted by molar-refractivity contribution is 0.304. The number of ether oxygens (including phenoxy) is 1. The van der Waals surface area contributed by atoms with Crippen LogP contribution in [-0.4, -0.2) is 5.88 Å². The highest BCUT2D eigenvalue weighted by atomic mass is 35.5. The van der Waals surface area contributed by atoms with E-state index >= 15 is 0 Å². The Hall–Kier alpha value is -1.98. The lowest BCUT2D eigenvalue weighted by atomic mass is 10.2. The number of hydrogen-bond donors (Lipinski definition) is 0. The molecule has 1 nitrogen and oxygen atoms in total. The molecule has 2 aromatic rings. The molecule has 0 unspecified atom stereocenters. The summed E-state index contributed by atoms with van der Waals surface area (Å²) in [6.45, 7) is 2.42. The van der Waals surface area contributed by atoms with Crippen LogP contribution in [0, 0.1) is 24.6 Å². The van der Waals surface area contributed by atoms with Gasteiger partial charge >= 0.3 is 0 Å². The molecule has 3 heteroatoms. The van der Waals surface area contributed by atoms with Crippen molar-refractivity contribution in [1.82, 2.24) is 0 Å². The minimum absolute atomic E-state index is 0.218.